The topological polar surface area (TPSA) is 96.0 Å². The number of hydrogen-bond acceptors (Lipinski definition) is 4. The van der Waals surface area contributed by atoms with Gasteiger partial charge < -0.3 is 5.32 Å². The first-order chi connectivity index (χ1) is 12.0. The summed E-state index contributed by atoms with van der Waals surface area (Å²) in [4.78, 5) is 0.143. The van der Waals surface area contributed by atoms with E-state index < -0.39 is 10.0 Å². The molecule has 0 radical (unpaired) electrons. The molecule has 4 rings (SSSR count). The molecule has 1 aliphatic carbocycles. The first-order valence-electron chi connectivity index (χ1n) is 8.07. The molecule has 0 spiro atoms. The number of benzene rings is 2. The molecule has 2 aromatic rings. The molecule has 0 amide bonds. The van der Waals surface area contributed by atoms with Gasteiger partial charge in [-0.3, -0.25) is 0 Å². The van der Waals surface area contributed by atoms with Gasteiger partial charge in [0.25, 0.3) is 0 Å². The Kier molecular flexibility index (Phi) is 3.64. The number of nitrogens with zero attached hydrogens (tertiary/aromatic N) is 1. The van der Waals surface area contributed by atoms with E-state index in [0.717, 1.165) is 23.2 Å². The fraction of sp³-hybridized carbons (Fsp3) is 0.211. The largest absolute Gasteiger partial charge is 0.378 e. The second kappa shape index (κ2) is 5.73. The Morgan fingerprint density at radius 1 is 1.16 bits per heavy atom. The number of fused-ring (bicyclic) bond motifs is 3. The molecule has 3 atom stereocenters. The van der Waals surface area contributed by atoms with Gasteiger partial charge in [-0.15, -0.1) is 0 Å². The molecule has 0 unspecified atom stereocenters. The third-order valence-corrected chi connectivity index (χ3v) is 5.97. The van der Waals surface area contributed by atoms with Crippen LogP contribution in [0.15, 0.2) is 59.5 Å². The summed E-state index contributed by atoms with van der Waals surface area (Å²) >= 11 is 0. The molecule has 2 aromatic carbocycles. The Hall–Kier alpha value is -2.62. The highest BCUT2D eigenvalue weighted by Gasteiger charge is 2.38. The molecule has 5 nitrogen and oxygen atoms in total. The maximum absolute atomic E-state index is 11.7. The van der Waals surface area contributed by atoms with E-state index in [9.17, 15) is 8.42 Å². The summed E-state index contributed by atoms with van der Waals surface area (Å²) in [6.07, 6.45) is 5.21. The van der Waals surface area contributed by atoms with Crippen molar-refractivity contribution in [1.82, 2.24) is 0 Å². The van der Waals surface area contributed by atoms with Gasteiger partial charge in [0.05, 0.1) is 22.6 Å². The molecule has 3 N–H and O–H groups in total. The molecule has 1 heterocycles. The van der Waals surface area contributed by atoms with Gasteiger partial charge in [-0.1, -0.05) is 24.3 Å². The van der Waals surface area contributed by atoms with Crippen LogP contribution in [0.5, 0.6) is 0 Å². The fourth-order valence-electron chi connectivity index (χ4n) is 3.84. The average molecular weight is 351 g/mol. The van der Waals surface area contributed by atoms with Gasteiger partial charge in [-0.25, -0.2) is 13.6 Å². The maximum atomic E-state index is 11.7. The van der Waals surface area contributed by atoms with Crippen molar-refractivity contribution < 1.29 is 8.42 Å². The number of sulfonamides is 1. The zero-order chi connectivity index (χ0) is 17.6. The molecule has 1 aliphatic heterocycles. The lowest BCUT2D eigenvalue weighted by Gasteiger charge is -2.37. The SMILES string of the molecule is N#Cc1ccc([C@@H]2Nc3ccc(S(N)(=O)=O)cc3[C@H]3C=CC[C@H]32)cc1. The predicted molar refractivity (Wildman–Crippen MR) is 95.3 cm³/mol. The third kappa shape index (κ3) is 2.72. The van der Waals surface area contributed by atoms with Crippen LogP contribution in [0.25, 0.3) is 0 Å². The van der Waals surface area contributed by atoms with Gasteiger partial charge >= 0.3 is 0 Å². The van der Waals surface area contributed by atoms with Crippen molar-refractivity contribution >= 4 is 15.7 Å². The maximum Gasteiger partial charge on any atom is 0.238 e. The molecular weight excluding hydrogens is 334 g/mol. The molecule has 6 heteroatoms. The van der Waals surface area contributed by atoms with Crippen molar-refractivity contribution in [2.45, 2.75) is 23.3 Å². The number of allylic oxidation sites excluding steroid dienone is 2. The summed E-state index contributed by atoms with van der Waals surface area (Å²) in [5.41, 5.74) is 3.66. The third-order valence-electron chi connectivity index (χ3n) is 5.06. The van der Waals surface area contributed by atoms with Gasteiger partial charge in [0.15, 0.2) is 0 Å². The summed E-state index contributed by atoms with van der Waals surface area (Å²) in [6, 6.07) is 14.9. The van der Waals surface area contributed by atoms with Crippen LogP contribution in [0, 0.1) is 17.2 Å². The van der Waals surface area contributed by atoms with E-state index in [1.165, 1.54) is 6.07 Å². The standard InChI is InChI=1S/C19H17N3O2S/c20-11-12-4-6-13(7-5-12)19-16-3-1-2-15(16)17-10-14(25(21,23)24)8-9-18(17)22-19/h1-2,4-10,15-16,19,22H,3H2,(H2,21,23,24)/t15-,16+,19-/m0/s1. The van der Waals surface area contributed by atoms with E-state index in [2.05, 4.69) is 23.5 Å². The van der Waals surface area contributed by atoms with Crippen molar-refractivity contribution in [3.8, 4) is 6.07 Å². The van der Waals surface area contributed by atoms with Crippen LogP contribution in [0.3, 0.4) is 0 Å². The van der Waals surface area contributed by atoms with E-state index in [1.807, 2.05) is 24.3 Å². The lowest BCUT2D eigenvalue weighted by molar-refractivity contribution is 0.425. The van der Waals surface area contributed by atoms with Crippen molar-refractivity contribution in [3.05, 3.63) is 71.3 Å². The Morgan fingerprint density at radius 3 is 2.60 bits per heavy atom. The number of rotatable bonds is 2. The normalized spacial score (nSPS) is 24.1. The minimum Gasteiger partial charge on any atom is -0.378 e. The molecule has 2 aliphatic rings. The van der Waals surface area contributed by atoms with Gasteiger partial charge in [0.2, 0.25) is 10.0 Å². The number of hydrogen-bond donors (Lipinski definition) is 2. The van der Waals surface area contributed by atoms with Crippen molar-refractivity contribution in [2.75, 3.05) is 5.32 Å². The molecule has 126 valence electrons. The number of nitrogens with one attached hydrogen (secondary N) is 1. The first kappa shape index (κ1) is 15.9. The Balaban J connectivity index is 1.77. The quantitative estimate of drug-likeness (QED) is 0.813. The van der Waals surface area contributed by atoms with E-state index >= 15 is 0 Å². The van der Waals surface area contributed by atoms with Crippen molar-refractivity contribution in [3.63, 3.8) is 0 Å². The highest BCUT2D eigenvalue weighted by atomic mass is 32.2. The summed E-state index contributed by atoms with van der Waals surface area (Å²) in [6.45, 7) is 0. The highest BCUT2D eigenvalue weighted by molar-refractivity contribution is 7.89. The summed E-state index contributed by atoms with van der Waals surface area (Å²) in [5.74, 6) is 0.453. The van der Waals surface area contributed by atoms with E-state index in [1.54, 1.807) is 12.1 Å². The minimum absolute atomic E-state index is 0.112. The summed E-state index contributed by atoms with van der Waals surface area (Å²) in [7, 11) is -3.72. The highest BCUT2D eigenvalue weighted by Crippen LogP contribution is 2.50. The number of nitriles is 1. The van der Waals surface area contributed by atoms with E-state index in [-0.39, 0.29) is 16.9 Å². The van der Waals surface area contributed by atoms with Crippen LogP contribution >= 0.6 is 0 Å². The zero-order valence-electron chi connectivity index (χ0n) is 13.4. The minimum atomic E-state index is -3.72. The monoisotopic (exact) mass is 351 g/mol. The van der Waals surface area contributed by atoms with Crippen LogP contribution in [0.2, 0.25) is 0 Å². The molecule has 0 saturated carbocycles. The smallest absolute Gasteiger partial charge is 0.238 e. The fourth-order valence-corrected chi connectivity index (χ4v) is 4.39. The second-order valence-electron chi connectivity index (χ2n) is 6.50. The summed E-state index contributed by atoms with van der Waals surface area (Å²) < 4.78 is 23.3. The number of anilines is 1. The van der Waals surface area contributed by atoms with Crippen LogP contribution < -0.4 is 10.5 Å². The van der Waals surface area contributed by atoms with Crippen molar-refractivity contribution in [2.24, 2.45) is 11.1 Å². The second-order valence-corrected chi connectivity index (χ2v) is 8.06. The molecule has 0 aromatic heterocycles. The van der Waals surface area contributed by atoms with Gasteiger partial charge in [0.1, 0.15) is 0 Å². The van der Waals surface area contributed by atoms with Crippen LogP contribution in [-0.4, -0.2) is 8.42 Å². The van der Waals surface area contributed by atoms with Gasteiger partial charge in [-0.2, -0.15) is 5.26 Å². The van der Waals surface area contributed by atoms with E-state index in [4.69, 9.17) is 10.4 Å². The predicted octanol–water partition coefficient (Wildman–Crippen LogP) is 3.03. The van der Waals surface area contributed by atoms with Crippen LogP contribution in [0.1, 0.15) is 35.1 Å². The molecule has 25 heavy (non-hydrogen) atoms. The molecule has 0 fully saturated rings. The van der Waals surface area contributed by atoms with Gasteiger partial charge in [0, 0.05) is 11.6 Å². The molecular formula is C19H17N3O2S. The molecule has 0 saturated heterocycles. The molecule has 0 bridgehead atoms. The lowest BCUT2D eigenvalue weighted by Crippen LogP contribution is -2.29. The Morgan fingerprint density at radius 2 is 1.92 bits per heavy atom. The Labute approximate surface area is 146 Å². The van der Waals surface area contributed by atoms with Crippen molar-refractivity contribution in [1.29, 1.82) is 5.26 Å². The van der Waals surface area contributed by atoms with E-state index in [0.29, 0.717) is 11.5 Å². The summed E-state index contributed by atoms with van der Waals surface area (Å²) in [5, 5.41) is 17.8. The zero-order valence-corrected chi connectivity index (χ0v) is 14.2. The number of primary sulfonamides is 1. The van der Waals surface area contributed by atoms with Gasteiger partial charge in [-0.05, 0) is 53.8 Å². The van der Waals surface area contributed by atoms with Crippen LogP contribution in [-0.2, 0) is 10.0 Å². The number of nitrogens with two attached hydrogens (primary N) is 1. The van der Waals surface area contributed by atoms with Crippen LogP contribution in [0.4, 0.5) is 5.69 Å². The first-order valence-corrected chi connectivity index (χ1v) is 9.62. The lowest BCUT2D eigenvalue weighted by atomic mass is 9.77. The average Bonchev–Trinajstić information content (AvgIpc) is 3.10. The Bertz CT molecular complexity index is 1000.